The molecule has 2 aromatic rings. The van der Waals surface area contributed by atoms with E-state index in [2.05, 4.69) is 0 Å². The molecule has 2 rings (SSSR count). The maximum absolute atomic E-state index is 11.7. The zero-order chi connectivity index (χ0) is 17.1. The average molecular weight is 333 g/mol. The van der Waals surface area contributed by atoms with Crippen LogP contribution < -0.4 is 4.74 Å². The van der Waals surface area contributed by atoms with E-state index in [-0.39, 0.29) is 22.1 Å². The molecular formula is C18H17ClO4. The van der Waals surface area contributed by atoms with Gasteiger partial charge in [0.2, 0.25) is 0 Å². The Kier molecular flexibility index (Phi) is 4.96. The Morgan fingerprint density at radius 3 is 2.48 bits per heavy atom. The van der Waals surface area contributed by atoms with Gasteiger partial charge in [0.25, 0.3) is 0 Å². The summed E-state index contributed by atoms with van der Waals surface area (Å²) < 4.78 is 5.04. The van der Waals surface area contributed by atoms with E-state index in [1.54, 1.807) is 6.07 Å². The number of phenols is 1. The normalized spacial score (nSPS) is 11.4. The Labute approximate surface area is 139 Å². The van der Waals surface area contributed by atoms with Crippen LogP contribution in [0.4, 0.5) is 0 Å². The Hall–Kier alpha value is -2.46. The molecule has 0 amide bonds. The zero-order valence-corrected chi connectivity index (χ0v) is 13.8. The minimum Gasteiger partial charge on any atom is -0.503 e. The lowest BCUT2D eigenvalue weighted by molar-refractivity contribution is -0.130. The van der Waals surface area contributed by atoms with Gasteiger partial charge in [-0.2, -0.15) is 0 Å². The lowest BCUT2D eigenvalue weighted by Crippen LogP contribution is -2.02. The Bertz CT molecular complexity index is 794. The summed E-state index contributed by atoms with van der Waals surface area (Å²) in [4.78, 5) is 11.7. The molecule has 0 aliphatic carbocycles. The van der Waals surface area contributed by atoms with Crippen LogP contribution in [0, 0.1) is 13.8 Å². The van der Waals surface area contributed by atoms with E-state index in [9.17, 15) is 15.0 Å². The van der Waals surface area contributed by atoms with Gasteiger partial charge in [0.1, 0.15) is 0 Å². The van der Waals surface area contributed by atoms with Crippen molar-refractivity contribution in [3.8, 4) is 11.5 Å². The fraction of sp³-hybridized carbons (Fsp3) is 0.167. The molecule has 0 heterocycles. The first-order valence-electron chi connectivity index (χ1n) is 6.92. The SMILES string of the molecule is COc1cc(/C=C(\C(=O)O)c2ccc(C)cc2C)cc(Cl)c1O. The largest absolute Gasteiger partial charge is 0.503 e. The number of carbonyl (C=O) groups is 1. The third kappa shape index (κ3) is 3.66. The van der Waals surface area contributed by atoms with Crippen molar-refractivity contribution in [1.82, 2.24) is 0 Å². The first-order chi connectivity index (χ1) is 10.8. The number of phenolic OH excluding ortho intramolecular Hbond substituents is 1. The smallest absolute Gasteiger partial charge is 0.336 e. The maximum atomic E-state index is 11.7. The molecule has 0 unspecified atom stereocenters. The number of aryl methyl sites for hydroxylation is 2. The van der Waals surface area contributed by atoms with Crippen molar-refractivity contribution in [3.05, 3.63) is 57.6 Å². The molecule has 4 nitrogen and oxygen atoms in total. The van der Waals surface area contributed by atoms with Crippen molar-refractivity contribution in [2.24, 2.45) is 0 Å². The molecule has 0 fully saturated rings. The summed E-state index contributed by atoms with van der Waals surface area (Å²) in [5.74, 6) is -1.02. The lowest BCUT2D eigenvalue weighted by atomic mass is 9.97. The van der Waals surface area contributed by atoms with Gasteiger partial charge in [-0.25, -0.2) is 4.79 Å². The molecule has 0 saturated heterocycles. The fourth-order valence-corrected chi connectivity index (χ4v) is 2.59. The summed E-state index contributed by atoms with van der Waals surface area (Å²) in [6.07, 6.45) is 1.51. The number of rotatable bonds is 4. The Balaban J connectivity index is 2.60. The van der Waals surface area contributed by atoms with Crippen LogP contribution in [0.5, 0.6) is 11.5 Å². The Morgan fingerprint density at radius 1 is 1.22 bits per heavy atom. The van der Waals surface area contributed by atoms with E-state index in [4.69, 9.17) is 16.3 Å². The summed E-state index contributed by atoms with van der Waals surface area (Å²) >= 11 is 5.95. The van der Waals surface area contributed by atoms with Crippen molar-refractivity contribution in [2.45, 2.75) is 13.8 Å². The number of aliphatic carboxylic acids is 1. The molecule has 5 heteroatoms. The van der Waals surface area contributed by atoms with Crippen LogP contribution in [-0.2, 0) is 4.79 Å². The van der Waals surface area contributed by atoms with Crippen LogP contribution in [-0.4, -0.2) is 23.3 Å². The monoisotopic (exact) mass is 332 g/mol. The third-order valence-corrected chi connectivity index (χ3v) is 3.77. The van der Waals surface area contributed by atoms with E-state index in [1.807, 2.05) is 26.0 Å². The number of hydrogen-bond acceptors (Lipinski definition) is 3. The van der Waals surface area contributed by atoms with Crippen LogP contribution in [0.25, 0.3) is 11.6 Å². The summed E-state index contributed by atoms with van der Waals surface area (Å²) in [5, 5.41) is 19.4. The number of benzene rings is 2. The molecule has 0 saturated carbocycles. The van der Waals surface area contributed by atoms with E-state index in [1.165, 1.54) is 25.3 Å². The molecule has 0 atom stereocenters. The maximum Gasteiger partial charge on any atom is 0.336 e. The highest BCUT2D eigenvalue weighted by Gasteiger charge is 2.15. The number of hydrogen-bond donors (Lipinski definition) is 2. The highest BCUT2D eigenvalue weighted by atomic mass is 35.5. The molecular weight excluding hydrogens is 316 g/mol. The molecule has 2 N–H and O–H groups in total. The summed E-state index contributed by atoms with van der Waals surface area (Å²) in [7, 11) is 1.40. The van der Waals surface area contributed by atoms with Crippen molar-refractivity contribution in [3.63, 3.8) is 0 Å². The van der Waals surface area contributed by atoms with Gasteiger partial charge in [0.05, 0.1) is 17.7 Å². The van der Waals surface area contributed by atoms with Gasteiger partial charge in [-0.1, -0.05) is 35.4 Å². The van der Waals surface area contributed by atoms with Crippen molar-refractivity contribution < 1.29 is 19.7 Å². The van der Waals surface area contributed by atoms with E-state index in [0.717, 1.165) is 11.1 Å². The molecule has 0 radical (unpaired) electrons. The fourth-order valence-electron chi connectivity index (χ4n) is 2.37. The highest BCUT2D eigenvalue weighted by molar-refractivity contribution is 6.32. The average Bonchev–Trinajstić information content (AvgIpc) is 2.48. The number of methoxy groups -OCH3 is 1. The molecule has 0 aromatic heterocycles. The number of aromatic hydroxyl groups is 1. The first-order valence-corrected chi connectivity index (χ1v) is 7.30. The predicted octanol–water partition coefficient (Wildman–Crippen LogP) is 4.30. The number of ether oxygens (including phenoxy) is 1. The molecule has 0 aliphatic heterocycles. The zero-order valence-electron chi connectivity index (χ0n) is 13.1. The predicted molar refractivity (Wildman–Crippen MR) is 91.1 cm³/mol. The van der Waals surface area contributed by atoms with Crippen molar-refractivity contribution in [1.29, 1.82) is 0 Å². The quantitative estimate of drug-likeness (QED) is 0.647. The standard InChI is InChI=1S/C18H17ClO4/c1-10-4-5-13(11(2)6-10)14(18(21)22)7-12-8-15(19)17(20)16(9-12)23-3/h4-9,20H,1-3H3,(H,21,22)/b14-7-. The van der Waals surface area contributed by atoms with Gasteiger partial charge >= 0.3 is 5.97 Å². The second-order valence-corrected chi connectivity index (χ2v) is 5.64. The van der Waals surface area contributed by atoms with Crippen LogP contribution >= 0.6 is 11.6 Å². The van der Waals surface area contributed by atoms with Crippen LogP contribution in [0.3, 0.4) is 0 Å². The summed E-state index contributed by atoms with van der Waals surface area (Å²) in [6.45, 7) is 3.81. The van der Waals surface area contributed by atoms with Crippen LogP contribution in [0.2, 0.25) is 5.02 Å². The molecule has 0 aliphatic rings. The van der Waals surface area contributed by atoms with Crippen LogP contribution in [0.15, 0.2) is 30.3 Å². The first kappa shape index (κ1) is 16.9. The number of carboxylic acids is 1. The van der Waals surface area contributed by atoms with Crippen molar-refractivity contribution >= 4 is 29.2 Å². The molecule has 120 valence electrons. The van der Waals surface area contributed by atoms with Gasteiger partial charge in [-0.05, 0) is 48.7 Å². The highest BCUT2D eigenvalue weighted by Crippen LogP contribution is 2.36. The summed E-state index contributed by atoms with van der Waals surface area (Å²) in [5.41, 5.74) is 3.24. The summed E-state index contributed by atoms with van der Waals surface area (Å²) in [6, 6.07) is 8.60. The third-order valence-electron chi connectivity index (χ3n) is 3.48. The Morgan fingerprint density at radius 2 is 1.91 bits per heavy atom. The molecule has 2 aromatic carbocycles. The van der Waals surface area contributed by atoms with Crippen LogP contribution in [0.1, 0.15) is 22.3 Å². The minimum atomic E-state index is -1.04. The van der Waals surface area contributed by atoms with Gasteiger partial charge in [0, 0.05) is 0 Å². The number of carboxylic acid groups (broad SMARTS) is 1. The number of halogens is 1. The van der Waals surface area contributed by atoms with Gasteiger partial charge < -0.3 is 14.9 Å². The van der Waals surface area contributed by atoms with E-state index < -0.39 is 5.97 Å². The lowest BCUT2D eigenvalue weighted by Gasteiger charge is -2.10. The van der Waals surface area contributed by atoms with Gasteiger partial charge in [0.15, 0.2) is 11.5 Å². The topological polar surface area (TPSA) is 66.8 Å². The molecule has 0 bridgehead atoms. The van der Waals surface area contributed by atoms with Gasteiger partial charge in [-0.15, -0.1) is 0 Å². The van der Waals surface area contributed by atoms with Gasteiger partial charge in [-0.3, -0.25) is 0 Å². The van der Waals surface area contributed by atoms with E-state index >= 15 is 0 Å². The second-order valence-electron chi connectivity index (χ2n) is 5.24. The van der Waals surface area contributed by atoms with E-state index in [0.29, 0.717) is 11.1 Å². The molecule has 0 spiro atoms. The second kappa shape index (κ2) is 6.75. The molecule has 23 heavy (non-hydrogen) atoms. The minimum absolute atomic E-state index is 0.0981. The van der Waals surface area contributed by atoms with Crippen molar-refractivity contribution in [2.75, 3.05) is 7.11 Å².